The van der Waals surface area contributed by atoms with Gasteiger partial charge in [0.25, 0.3) is 0 Å². The van der Waals surface area contributed by atoms with E-state index in [1.54, 1.807) is 6.07 Å². The van der Waals surface area contributed by atoms with Crippen LogP contribution in [-0.4, -0.2) is 29.9 Å². The normalized spacial score (nSPS) is 16.3. The molecule has 2 aromatic carbocycles. The fourth-order valence-corrected chi connectivity index (χ4v) is 2.75. The van der Waals surface area contributed by atoms with Gasteiger partial charge in [-0.25, -0.2) is 0 Å². The Hall–Kier alpha value is -1.52. The number of aliphatic imine (C=N–C) groups is 1. The van der Waals surface area contributed by atoms with Crippen LogP contribution in [0.25, 0.3) is 0 Å². The standard InChI is InChI=1S/C17H17ClN2O.BrH/c1-20(2)16-10-12-9-14(21)7-8-15(12)17(19-16)11-3-5-13(18)6-4-11;/h3-9,17,21H,10H2,1-2H3;1H. The second-order valence-electron chi connectivity index (χ2n) is 5.45. The van der Waals surface area contributed by atoms with Crippen LogP contribution in [0.3, 0.4) is 0 Å². The second kappa shape index (κ2) is 6.71. The fraction of sp³-hybridized carbons (Fsp3) is 0.235. The highest BCUT2D eigenvalue weighted by Gasteiger charge is 2.24. The van der Waals surface area contributed by atoms with Gasteiger partial charge in [0.15, 0.2) is 0 Å². The monoisotopic (exact) mass is 380 g/mol. The zero-order valence-corrected chi connectivity index (χ0v) is 14.9. The molecule has 3 nitrogen and oxygen atoms in total. The molecule has 22 heavy (non-hydrogen) atoms. The molecule has 3 rings (SSSR count). The molecular formula is C17H18BrClN2O. The van der Waals surface area contributed by atoms with E-state index >= 15 is 0 Å². The molecule has 1 aliphatic heterocycles. The van der Waals surface area contributed by atoms with E-state index < -0.39 is 0 Å². The molecule has 0 bridgehead atoms. The topological polar surface area (TPSA) is 35.8 Å². The quantitative estimate of drug-likeness (QED) is 0.802. The van der Waals surface area contributed by atoms with Crippen molar-refractivity contribution in [3.8, 4) is 5.75 Å². The molecule has 0 saturated carbocycles. The van der Waals surface area contributed by atoms with E-state index in [1.165, 1.54) is 0 Å². The number of halogens is 2. The summed E-state index contributed by atoms with van der Waals surface area (Å²) in [5.41, 5.74) is 3.36. The molecule has 1 aliphatic rings. The van der Waals surface area contributed by atoms with Crippen molar-refractivity contribution in [2.24, 2.45) is 4.99 Å². The zero-order valence-electron chi connectivity index (χ0n) is 12.5. The summed E-state index contributed by atoms with van der Waals surface area (Å²) in [4.78, 5) is 6.89. The molecule has 0 aliphatic carbocycles. The molecule has 1 N–H and O–H groups in total. The average Bonchev–Trinajstić information content (AvgIpc) is 2.46. The lowest BCUT2D eigenvalue weighted by Crippen LogP contribution is -2.28. The molecule has 2 aromatic rings. The van der Waals surface area contributed by atoms with Gasteiger partial charge in [-0.05, 0) is 41.0 Å². The lowest BCUT2D eigenvalue weighted by molar-refractivity contribution is 0.474. The van der Waals surface area contributed by atoms with Gasteiger partial charge in [0, 0.05) is 25.5 Å². The highest BCUT2D eigenvalue weighted by atomic mass is 79.9. The van der Waals surface area contributed by atoms with Gasteiger partial charge in [0.2, 0.25) is 0 Å². The number of benzene rings is 2. The molecule has 1 unspecified atom stereocenters. The van der Waals surface area contributed by atoms with Crippen molar-refractivity contribution in [1.82, 2.24) is 4.90 Å². The lowest BCUT2D eigenvalue weighted by atomic mass is 9.90. The van der Waals surface area contributed by atoms with Crippen molar-refractivity contribution in [1.29, 1.82) is 0 Å². The molecule has 116 valence electrons. The van der Waals surface area contributed by atoms with Crippen LogP contribution >= 0.6 is 28.6 Å². The van der Waals surface area contributed by atoms with E-state index in [0.29, 0.717) is 5.75 Å². The third-order valence-electron chi connectivity index (χ3n) is 3.75. The van der Waals surface area contributed by atoms with Crippen molar-refractivity contribution in [3.63, 3.8) is 0 Å². The number of aromatic hydroxyl groups is 1. The Morgan fingerprint density at radius 2 is 1.82 bits per heavy atom. The Balaban J connectivity index is 0.00000176. The van der Waals surface area contributed by atoms with Crippen LogP contribution in [0, 0.1) is 0 Å². The lowest BCUT2D eigenvalue weighted by Gasteiger charge is -2.27. The summed E-state index contributed by atoms with van der Waals surface area (Å²) in [7, 11) is 3.98. The number of phenols is 1. The first-order valence-corrected chi connectivity index (χ1v) is 7.23. The summed E-state index contributed by atoms with van der Waals surface area (Å²) < 4.78 is 0. The third kappa shape index (κ3) is 3.28. The number of hydrogen-bond acceptors (Lipinski definition) is 3. The number of rotatable bonds is 1. The van der Waals surface area contributed by atoms with Crippen LogP contribution in [0.1, 0.15) is 22.7 Å². The van der Waals surface area contributed by atoms with Gasteiger partial charge in [-0.2, -0.15) is 0 Å². The maximum atomic E-state index is 9.74. The minimum Gasteiger partial charge on any atom is -0.508 e. The Morgan fingerprint density at radius 3 is 2.45 bits per heavy atom. The minimum atomic E-state index is -0.0518. The predicted octanol–water partition coefficient (Wildman–Crippen LogP) is 4.23. The van der Waals surface area contributed by atoms with Crippen LogP contribution in [0.5, 0.6) is 5.75 Å². The van der Waals surface area contributed by atoms with Crippen LogP contribution in [0.15, 0.2) is 47.5 Å². The van der Waals surface area contributed by atoms with Gasteiger partial charge >= 0.3 is 0 Å². The molecule has 0 fully saturated rings. The van der Waals surface area contributed by atoms with E-state index in [0.717, 1.165) is 34.0 Å². The van der Waals surface area contributed by atoms with Crippen molar-refractivity contribution < 1.29 is 5.11 Å². The van der Waals surface area contributed by atoms with Crippen LogP contribution in [0.4, 0.5) is 0 Å². The maximum Gasteiger partial charge on any atom is 0.115 e. The first-order chi connectivity index (χ1) is 10.0. The number of fused-ring (bicyclic) bond motifs is 1. The highest BCUT2D eigenvalue weighted by Crippen LogP contribution is 2.35. The van der Waals surface area contributed by atoms with Crippen molar-refractivity contribution in [2.75, 3.05) is 14.1 Å². The SMILES string of the molecule is Br.CN(C)C1=NC(c2ccc(Cl)cc2)c2ccc(O)cc2C1. The minimum absolute atomic E-state index is 0. The highest BCUT2D eigenvalue weighted by molar-refractivity contribution is 8.93. The van der Waals surface area contributed by atoms with Crippen LogP contribution < -0.4 is 0 Å². The Bertz CT molecular complexity index is 698. The number of nitrogens with zero attached hydrogens (tertiary/aromatic N) is 2. The molecule has 1 atom stereocenters. The fourth-order valence-electron chi connectivity index (χ4n) is 2.62. The summed E-state index contributed by atoms with van der Waals surface area (Å²) in [5.74, 6) is 1.30. The number of phenolic OH excluding ortho intramolecular Hbond substituents is 1. The first-order valence-electron chi connectivity index (χ1n) is 6.86. The molecule has 0 saturated heterocycles. The largest absolute Gasteiger partial charge is 0.508 e. The summed E-state index contributed by atoms with van der Waals surface area (Å²) in [5, 5.41) is 10.5. The average molecular weight is 382 g/mol. The van der Waals surface area contributed by atoms with Crippen molar-refractivity contribution in [3.05, 3.63) is 64.2 Å². The smallest absolute Gasteiger partial charge is 0.115 e. The first kappa shape index (κ1) is 16.8. The molecule has 0 aromatic heterocycles. The van der Waals surface area contributed by atoms with Crippen LogP contribution in [0.2, 0.25) is 5.02 Å². The van der Waals surface area contributed by atoms with Crippen molar-refractivity contribution in [2.45, 2.75) is 12.5 Å². The summed E-state index contributed by atoms with van der Waals surface area (Å²) in [6, 6.07) is 13.2. The zero-order chi connectivity index (χ0) is 15.0. The number of amidine groups is 1. The molecule has 0 spiro atoms. The molecule has 5 heteroatoms. The van der Waals surface area contributed by atoms with E-state index in [2.05, 4.69) is 0 Å². The van der Waals surface area contributed by atoms with Crippen molar-refractivity contribution >= 4 is 34.4 Å². The predicted molar refractivity (Wildman–Crippen MR) is 96.5 cm³/mol. The van der Waals surface area contributed by atoms with E-state index in [-0.39, 0.29) is 23.0 Å². The van der Waals surface area contributed by atoms with Gasteiger partial charge in [0.1, 0.15) is 17.6 Å². The Morgan fingerprint density at radius 1 is 1.14 bits per heavy atom. The van der Waals surface area contributed by atoms with E-state index in [9.17, 15) is 5.11 Å². The molecule has 0 amide bonds. The molecule has 0 radical (unpaired) electrons. The summed E-state index contributed by atoms with van der Waals surface area (Å²) in [6.45, 7) is 0. The van der Waals surface area contributed by atoms with E-state index in [4.69, 9.17) is 16.6 Å². The summed E-state index contributed by atoms with van der Waals surface area (Å²) >= 11 is 5.97. The number of likely N-dealkylation sites (N-methyl/N-ethyl adjacent to an activating group) is 1. The Kier molecular flexibility index (Phi) is 5.14. The van der Waals surface area contributed by atoms with Gasteiger partial charge in [-0.1, -0.05) is 29.8 Å². The molecular weight excluding hydrogens is 364 g/mol. The van der Waals surface area contributed by atoms with Crippen LogP contribution in [-0.2, 0) is 6.42 Å². The number of hydrogen-bond donors (Lipinski definition) is 1. The maximum absolute atomic E-state index is 9.74. The third-order valence-corrected chi connectivity index (χ3v) is 4.00. The Labute approximate surface area is 146 Å². The van der Waals surface area contributed by atoms with Gasteiger partial charge in [-0.3, -0.25) is 4.99 Å². The summed E-state index contributed by atoms with van der Waals surface area (Å²) in [6.07, 6.45) is 0.737. The van der Waals surface area contributed by atoms with E-state index in [1.807, 2.05) is 55.4 Å². The molecule has 1 heterocycles. The van der Waals surface area contributed by atoms with Gasteiger partial charge in [0.05, 0.1) is 0 Å². The van der Waals surface area contributed by atoms with Gasteiger partial charge in [-0.15, -0.1) is 17.0 Å². The van der Waals surface area contributed by atoms with Gasteiger partial charge < -0.3 is 10.0 Å². The second-order valence-corrected chi connectivity index (χ2v) is 5.89.